The summed E-state index contributed by atoms with van der Waals surface area (Å²) in [6, 6.07) is 18.2. The number of amides is 2. The number of rotatable bonds is 8. The maximum atomic E-state index is 12.2. The Morgan fingerprint density at radius 2 is 1.76 bits per heavy atom. The van der Waals surface area contributed by atoms with Crippen molar-refractivity contribution in [3.63, 3.8) is 0 Å². The first-order valence-corrected chi connectivity index (χ1v) is 9.41. The fourth-order valence-electron chi connectivity index (χ4n) is 2.73. The highest BCUT2D eigenvalue weighted by Gasteiger charge is 2.08. The van der Waals surface area contributed by atoms with Crippen LogP contribution in [0, 0.1) is 6.92 Å². The highest BCUT2D eigenvalue weighted by atomic mass is 16.5. The van der Waals surface area contributed by atoms with Crippen LogP contribution in [0.1, 0.15) is 28.8 Å². The van der Waals surface area contributed by atoms with E-state index in [0.717, 1.165) is 11.3 Å². The molecule has 1 aromatic heterocycles. The molecule has 2 aromatic carbocycles. The van der Waals surface area contributed by atoms with Crippen LogP contribution in [0.3, 0.4) is 0 Å². The van der Waals surface area contributed by atoms with Crippen LogP contribution < -0.4 is 15.4 Å². The monoisotopic (exact) mass is 389 g/mol. The lowest BCUT2D eigenvalue weighted by molar-refractivity contribution is -0.116. The molecule has 0 unspecified atom stereocenters. The maximum Gasteiger partial charge on any atom is 0.257 e. The van der Waals surface area contributed by atoms with Gasteiger partial charge in [0, 0.05) is 30.2 Å². The molecule has 0 radical (unpaired) electrons. The number of aromatic nitrogens is 1. The number of anilines is 2. The molecule has 3 rings (SSSR count). The van der Waals surface area contributed by atoms with E-state index >= 15 is 0 Å². The van der Waals surface area contributed by atoms with Crippen LogP contribution in [0.25, 0.3) is 0 Å². The molecule has 6 heteroatoms. The van der Waals surface area contributed by atoms with E-state index in [-0.39, 0.29) is 11.8 Å². The van der Waals surface area contributed by atoms with E-state index in [1.807, 2.05) is 31.2 Å². The van der Waals surface area contributed by atoms with E-state index in [1.165, 1.54) is 6.20 Å². The van der Waals surface area contributed by atoms with Gasteiger partial charge in [0.1, 0.15) is 5.75 Å². The summed E-state index contributed by atoms with van der Waals surface area (Å²) in [6.45, 7) is 2.46. The first kappa shape index (κ1) is 20.1. The number of para-hydroxylation sites is 1. The maximum absolute atomic E-state index is 12.2. The normalized spacial score (nSPS) is 10.2. The molecule has 0 atom stereocenters. The van der Waals surface area contributed by atoms with Crippen LogP contribution in [0.5, 0.6) is 5.75 Å². The van der Waals surface area contributed by atoms with Crippen LogP contribution in [-0.4, -0.2) is 23.4 Å². The largest absolute Gasteiger partial charge is 0.493 e. The SMILES string of the molecule is Cc1ccccc1OCCCC(=O)Nc1cccc(NC(=O)c2cccnc2)c1. The van der Waals surface area contributed by atoms with Gasteiger partial charge in [-0.2, -0.15) is 0 Å². The molecule has 0 bridgehead atoms. The van der Waals surface area contributed by atoms with Crippen LogP contribution in [-0.2, 0) is 4.79 Å². The van der Waals surface area contributed by atoms with Gasteiger partial charge in [-0.3, -0.25) is 14.6 Å². The highest BCUT2D eigenvalue weighted by Crippen LogP contribution is 2.18. The molecular weight excluding hydrogens is 366 g/mol. The van der Waals surface area contributed by atoms with Gasteiger partial charge in [0.2, 0.25) is 5.91 Å². The predicted octanol–water partition coefficient (Wildman–Crippen LogP) is 4.44. The van der Waals surface area contributed by atoms with Gasteiger partial charge in [-0.1, -0.05) is 24.3 Å². The van der Waals surface area contributed by atoms with Gasteiger partial charge in [-0.25, -0.2) is 0 Å². The van der Waals surface area contributed by atoms with Crippen molar-refractivity contribution in [3.8, 4) is 5.75 Å². The number of ether oxygens (including phenoxy) is 1. The summed E-state index contributed by atoms with van der Waals surface area (Å²) in [6.07, 6.45) is 4.06. The van der Waals surface area contributed by atoms with Crippen molar-refractivity contribution in [2.24, 2.45) is 0 Å². The molecular formula is C23H23N3O3. The smallest absolute Gasteiger partial charge is 0.257 e. The quantitative estimate of drug-likeness (QED) is 0.558. The lowest BCUT2D eigenvalue weighted by atomic mass is 10.2. The Balaban J connectivity index is 1.46. The minimum absolute atomic E-state index is 0.103. The summed E-state index contributed by atoms with van der Waals surface area (Å²) in [5.74, 6) is 0.481. The third-order valence-electron chi connectivity index (χ3n) is 4.23. The highest BCUT2D eigenvalue weighted by molar-refractivity contribution is 6.04. The first-order chi connectivity index (χ1) is 14.1. The minimum Gasteiger partial charge on any atom is -0.493 e. The van der Waals surface area contributed by atoms with Gasteiger partial charge in [-0.15, -0.1) is 0 Å². The zero-order chi connectivity index (χ0) is 20.5. The summed E-state index contributed by atoms with van der Waals surface area (Å²) >= 11 is 0. The fourth-order valence-corrected chi connectivity index (χ4v) is 2.73. The Morgan fingerprint density at radius 3 is 2.52 bits per heavy atom. The number of aryl methyl sites for hydroxylation is 1. The molecule has 0 aliphatic heterocycles. The number of benzene rings is 2. The first-order valence-electron chi connectivity index (χ1n) is 9.41. The molecule has 2 amide bonds. The summed E-state index contributed by atoms with van der Waals surface area (Å²) < 4.78 is 5.71. The molecule has 1 heterocycles. The second kappa shape index (κ2) is 10.0. The molecule has 0 aliphatic rings. The standard InChI is InChI=1S/C23H23N3O3/c1-17-7-2-3-11-21(17)29-14-6-12-22(27)25-19-9-4-10-20(15-19)26-23(28)18-8-5-13-24-16-18/h2-5,7-11,13,15-16H,6,12,14H2,1H3,(H,25,27)(H,26,28). The predicted molar refractivity (Wildman–Crippen MR) is 113 cm³/mol. The van der Waals surface area contributed by atoms with Crippen LogP contribution >= 0.6 is 0 Å². The van der Waals surface area contributed by atoms with Gasteiger partial charge in [0.25, 0.3) is 5.91 Å². The van der Waals surface area contributed by atoms with Crippen molar-refractivity contribution < 1.29 is 14.3 Å². The average molecular weight is 389 g/mol. The van der Waals surface area contributed by atoms with Crippen LogP contribution in [0.2, 0.25) is 0 Å². The summed E-state index contributed by atoms with van der Waals surface area (Å²) in [4.78, 5) is 28.3. The van der Waals surface area contributed by atoms with Gasteiger partial charge < -0.3 is 15.4 Å². The van der Waals surface area contributed by atoms with Crippen LogP contribution in [0.15, 0.2) is 73.1 Å². The zero-order valence-electron chi connectivity index (χ0n) is 16.2. The second-order valence-electron chi connectivity index (χ2n) is 6.54. The van der Waals surface area contributed by atoms with E-state index in [1.54, 1.807) is 42.6 Å². The van der Waals surface area contributed by atoms with E-state index in [9.17, 15) is 9.59 Å². The lowest BCUT2D eigenvalue weighted by Crippen LogP contribution is -2.14. The Morgan fingerprint density at radius 1 is 0.966 bits per heavy atom. The molecule has 0 saturated heterocycles. The Labute approximate surface area is 169 Å². The van der Waals surface area contributed by atoms with Gasteiger partial charge in [0.05, 0.1) is 12.2 Å². The fraction of sp³-hybridized carbons (Fsp3) is 0.174. The third-order valence-corrected chi connectivity index (χ3v) is 4.23. The average Bonchev–Trinajstić information content (AvgIpc) is 2.73. The number of nitrogens with one attached hydrogen (secondary N) is 2. The molecule has 0 saturated carbocycles. The molecule has 0 spiro atoms. The molecule has 0 fully saturated rings. The summed E-state index contributed by atoms with van der Waals surface area (Å²) in [5.41, 5.74) is 2.76. The van der Waals surface area contributed by atoms with Crippen molar-refractivity contribution >= 4 is 23.2 Å². The number of pyridine rings is 1. The lowest BCUT2D eigenvalue weighted by Gasteiger charge is -2.10. The number of carbonyl (C=O) groups is 2. The zero-order valence-corrected chi connectivity index (χ0v) is 16.2. The van der Waals surface area contributed by atoms with Crippen molar-refractivity contribution in [2.45, 2.75) is 19.8 Å². The van der Waals surface area contributed by atoms with Crippen molar-refractivity contribution in [2.75, 3.05) is 17.2 Å². The molecule has 2 N–H and O–H groups in total. The summed E-state index contributed by atoms with van der Waals surface area (Å²) in [5, 5.41) is 5.64. The summed E-state index contributed by atoms with van der Waals surface area (Å²) in [7, 11) is 0. The Kier molecular flexibility index (Phi) is 6.95. The number of nitrogens with zero attached hydrogens (tertiary/aromatic N) is 1. The molecule has 6 nitrogen and oxygen atoms in total. The minimum atomic E-state index is -0.255. The topological polar surface area (TPSA) is 80.3 Å². The van der Waals surface area contributed by atoms with Crippen molar-refractivity contribution in [1.29, 1.82) is 0 Å². The van der Waals surface area contributed by atoms with E-state index < -0.39 is 0 Å². The second-order valence-corrected chi connectivity index (χ2v) is 6.54. The van der Waals surface area contributed by atoms with E-state index in [2.05, 4.69) is 15.6 Å². The number of hydrogen-bond donors (Lipinski definition) is 2. The van der Waals surface area contributed by atoms with Crippen LogP contribution in [0.4, 0.5) is 11.4 Å². The number of carbonyl (C=O) groups excluding carboxylic acids is 2. The Hall–Kier alpha value is -3.67. The molecule has 0 aliphatic carbocycles. The van der Waals surface area contributed by atoms with E-state index in [0.29, 0.717) is 36.4 Å². The molecule has 29 heavy (non-hydrogen) atoms. The van der Waals surface area contributed by atoms with Crippen molar-refractivity contribution in [1.82, 2.24) is 4.98 Å². The van der Waals surface area contributed by atoms with Gasteiger partial charge in [0.15, 0.2) is 0 Å². The van der Waals surface area contributed by atoms with Gasteiger partial charge in [-0.05, 0) is 55.3 Å². The molecule has 148 valence electrons. The van der Waals surface area contributed by atoms with Crippen molar-refractivity contribution in [3.05, 3.63) is 84.2 Å². The number of hydrogen-bond acceptors (Lipinski definition) is 4. The van der Waals surface area contributed by atoms with Gasteiger partial charge >= 0.3 is 0 Å². The van der Waals surface area contributed by atoms with E-state index in [4.69, 9.17) is 4.74 Å². The third kappa shape index (κ3) is 6.17. The molecule has 3 aromatic rings. The Bertz CT molecular complexity index is 974.